The fourth-order valence-corrected chi connectivity index (χ4v) is 4.92. The van der Waals surface area contributed by atoms with Crippen molar-refractivity contribution in [3.63, 3.8) is 0 Å². The second-order valence-electron chi connectivity index (χ2n) is 7.65. The van der Waals surface area contributed by atoms with Gasteiger partial charge >= 0.3 is 0 Å². The number of hydrogen-bond donors (Lipinski definition) is 1. The Bertz CT molecular complexity index is 963. The van der Waals surface area contributed by atoms with Gasteiger partial charge in [-0.3, -0.25) is 4.79 Å². The lowest BCUT2D eigenvalue weighted by Gasteiger charge is -2.17. The van der Waals surface area contributed by atoms with Crippen LogP contribution in [0.3, 0.4) is 0 Å². The molecule has 2 aromatic carbocycles. The second-order valence-corrected chi connectivity index (χ2v) is 9.59. The van der Waals surface area contributed by atoms with E-state index in [0.29, 0.717) is 36.0 Å². The first-order chi connectivity index (χ1) is 13.8. The summed E-state index contributed by atoms with van der Waals surface area (Å²) in [7, 11) is -3.46. The van der Waals surface area contributed by atoms with Crippen LogP contribution < -0.4 is 10.1 Å². The minimum absolute atomic E-state index is 0.148. The molecule has 0 radical (unpaired) electrons. The molecule has 3 rings (SSSR count). The molecule has 7 heteroatoms. The average Bonchev–Trinajstić information content (AvgIpc) is 3.23. The van der Waals surface area contributed by atoms with Crippen LogP contribution in [-0.4, -0.2) is 38.3 Å². The number of anilines is 1. The molecule has 0 aliphatic carbocycles. The van der Waals surface area contributed by atoms with E-state index in [1.807, 2.05) is 24.3 Å². The fraction of sp³-hybridized carbons (Fsp3) is 0.409. The minimum Gasteiger partial charge on any atom is -0.483 e. The van der Waals surface area contributed by atoms with Gasteiger partial charge in [-0.05, 0) is 67.1 Å². The monoisotopic (exact) mass is 416 g/mol. The van der Waals surface area contributed by atoms with Gasteiger partial charge in [-0.15, -0.1) is 0 Å². The first kappa shape index (κ1) is 21.3. The molecule has 1 saturated heterocycles. The number of sulfonamides is 1. The minimum atomic E-state index is -3.46. The molecule has 1 aliphatic rings. The quantitative estimate of drug-likeness (QED) is 0.742. The normalized spacial score (nSPS) is 14.9. The zero-order chi connectivity index (χ0) is 21.0. The number of aryl methyl sites for hydroxylation is 1. The molecule has 0 unspecified atom stereocenters. The van der Waals surface area contributed by atoms with Crippen LogP contribution in [0.2, 0.25) is 0 Å². The van der Waals surface area contributed by atoms with Gasteiger partial charge < -0.3 is 10.1 Å². The third kappa shape index (κ3) is 5.16. The molecule has 1 fully saturated rings. The number of rotatable bonds is 7. The van der Waals surface area contributed by atoms with E-state index in [2.05, 4.69) is 19.2 Å². The lowest BCUT2D eigenvalue weighted by molar-refractivity contribution is -0.118. The Labute approximate surface area is 172 Å². The zero-order valence-electron chi connectivity index (χ0n) is 17.1. The van der Waals surface area contributed by atoms with Crippen LogP contribution in [0, 0.1) is 6.92 Å². The maximum atomic E-state index is 12.7. The maximum Gasteiger partial charge on any atom is 0.262 e. The van der Waals surface area contributed by atoms with Gasteiger partial charge in [-0.1, -0.05) is 26.0 Å². The first-order valence-electron chi connectivity index (χ1n) is 9.91. The van der Waals surface area contributed by atoms with E-state index in [-0.39, 0.29) is 17.4 Å². The SMILES string of the molecule is Cc1cc(S(=O)(=O)N2CCCC2)ccc1OCC(=O)Nc1ccc(C(C)C)cc1. The van der Waals surface area contributed by atoms with Crippen molar-refractivity contribution in [1.82, 2.24) is 4.31 Å². The Morgan fingerprint density at radius 2 is 1.76 bits per heavy atom. The van der Waals surface area contributed by atoms with Gasteiger partial charge in [0.15, 0.2) is 6.61 Å². The number of nitrogens with zero attached hydrogens (tertiary/aromatic N) is 1. The molecule has 6 nitrogen and oxygen atoms in total. The van der Waals surface area contributed by atoms with Gasteiger partial charge in [0.05, 0.1) is 4.90 Å². The summed E-state index contributed by atoms with van der Waals surface area (Å²) in [6.07, 6.45) is 1.80. The molecule has 0 atom stereocenters. The van der Waals surface area contributed by atoms with Crippen LogP contribution in [0.5, 0.6) is 5.75 Å². The Morgan fingerprint density at radius 1 is 1.10 bits per heavy atom. The van der Waals surface area contributed by atoms with Crippen LogP contribution in [0.1, 0.15) is 43.7 Å². The van der Waals surface area contributed by atoms with Crippen molar-refractivity contribution in [3.8, 4) is 5.75 Å². The predicted molar refractivity (Wildman–Crippen MR) is 114 cm³/mol. The standard InChI is InChI=1S/C22H28N2O4S/c1-16(2)18-6-8-19(9-7-18)23-22(25)15-28-21-11-10-20(14-17(21)3)29(26,27)24-12-4-5-13-24/h6-11,14,16H,4-5,12-13,15H2,1-3H3,(H,23,25). The molecule has 2 aromatic rings. The molecule has 156 valence electrons. The highest BCUT2D eigenvalue weighted by Crippen LogP contribution is 2.26. The van der Waals surface area contributed by atoms with E-state index >= 15 is 0 Å². The molecule has 1 N–H and O–H groups in total. The topological polar surface area (TPSA) is 75.7 Å². The predicted octanol–water partition coefficient (Wildman–Crippen LogP) is 3.92. The van der Waals surface area contributed by atoms with Gasteiger partial charge in [0, 0.05) is 18.8 Å². The Morgan fingerprint density at radius 3 is 2.34 bits per heavy atom. The van der Waals surface area contributed by atoms with Gasteiger partial charge in [0.25, 0.3) is 5.91 Å². The molecular formula is C22H28N2O4S. The maximum absolute atomic E-state index is 12.7. The molecule has 1 heterocycles. The zero-order valence-corrected chi connectivity index (χ0v) is 18.0. The van der Waals surface area contributed by atoms with E-state index in [4.69, 9.17) is 4.74 Å². The van der Waals surface area contributed by atoms with Crippen molar-refractivity contribution < 1.29 is 17.9 Å². The van der Waals surface area contributed by atoms with E-state index < -0.39 is 10.0 Å². The Balaban J connectivity index is 1.59. The smallest absolute Gasteiger partial charge is 0.262 e. The van der Waals surface area contributed by atoms with Gasteiger partial charge in [0.1, 0.15) is 5.75 Å². The number of amides is 1. The van der Waals surface area contributed by atoms with Crippen LogP contribution in [0.4, 0.5) is 5.69 Å². The second kappa shape index (κ2) is 8.97. The third-order valence-electron chi connectivity index (χ3n) is 5.07. The Hall–Kier alpha value is -2.38. The highest BCUT2D eigenvalue weighted by Gasteiger charge is 2.27. The highest BCUT2D eigenvalue weighted by atomic mass is 32.2. The summed E-state index contributed by atoms with van der Waals surface area (Å²) >= 11 is 0. The summed E-state index contributed by atoms with van der Waals surface area (Å²) in [6, 6.07) is 12.5. The number of benzene rings is 2. The highest BCUT2D eigenvalue weighted by molar-refractivity contribution is 7.89. The van der Waals surface area contributed by atoms with Crippen LogP contribution in [-0.2, 0) is 14.8 Å². The Kier molecular flexibility index (Phi) is 6.59. The molecule has 0 spiro atoms. The van der Waals surface area contributed by atoms with Gasteiger partial charge in [0.2, 0.25) is 10.0 Å². The van der Waals surface area contributed by atoms with Crippen molar-refractivity contribution >= 4 is 21.6 Å². The summed E-state index contributed by atoms with van der Waals surface area (Å²) < 4.78 is 32.4. The molecule has 0 aromatic heterocycles. The summed E-state index contributed by atoms with van der Waals surface area (Å²) in [5.41, 5.74) is 2.60. The summed E-state index contributed by atoms with van der Waals surface area (Å²) in [5, 5.41) is 2.80. The fourth-order valence-electron chi connectivity index (χ4n) is 3.31. The molecule has 0 bridgehead atoms. The number of carbonyl (C=O) groups excluding carboxylic acids is 1. The summed E-state index contributed by atoms with van der Waals surface area (Å²) in [6.45, 7) is 7.00. The number of ether oxygens (including phenoxy) is 1. The lowest BCUT2D eigenvalue weighted by atomic mass is 10.0. The first-order valence-corrected chi connectivity index (χ1v) is 11.3. The van der Waals surface area contributed by atoms with E-state index in [1.54, 1.807) is 25.1 Å². The lowest BCUT2D eigenvalue weighted by Crippen LogP contribution is -2.27. The molecular weight excluding hydrogens is 388 g/mol. The van der Waals surface area contributed by atoms with Crippen LogP contribution in [0.25, 0.3) is 0 Å². The molecule has 0 saturated carbocycles. The van der Waals surface area contributed by atoms with E-state index in [9.17, 15) is 13.2 Å². The van der Waals surface area contributed by atoms with Crippen LogP contribution in [0.15, 0.2) is 47.4 Å². The molecule has 1 aliphatic heterocycles. The van der Waals surface area contributed by atoms with E-state index in [0.717, 1.165) is 12.8 Å². The van der Waals surface area contributed by atoms with Crippen molar-refractivity contribution in [1.29, 1.82) is 0 Å². The molecule has 29 heavy (non-hydrogen) atoms. The van der Waals surface area contributed by atoms with Gasteiger partial charge in [-0.25, -0.2) is 8.42 Å². The van der Waals surface area contributed by atoms with Gasteiger partial charge in [-0.2, -0.15) is 4.31 Å². The third-order valence-corrected chi connectivity index (χ3v) is 6.96. The largest absolute Gasteiger partial charge is 0.483 e. The van der Waals surface area contributed by atoms with Crippen LogP contribution >= 0.6 is 0 Å². The molecule has 1 amide bonds. The van der Waals surface area contributed by atoms with E-state index in [1.165, 1.54) is 9.87 Å². The van der Waals surface area contributed by atoms with Crippen molar-refractivity contribution in [2.45, 2.75) is 44.4 Å². The number of hydrogen-bond acceptors (Lipinski definition) is 4. The number of nitrogens with one attached hydrogen (secondary N) is 1. The van der Waals surface area contributed by atoms with Crippen molar-refractivity contribution in [3.05, 3.63) is 53.6 Å². The van der Waals surface area contributed by atoms with Crippen molar-refractivity contribution in [2.75, 3.05) is 25.0 Å². The summed E-state index contributed by atoms with van der Waals surface area (Å²) in [5.74, 6) is 0.662. The summed E-state index contributed by atoms with van der Waals surface area (Å²) in [4.78, 5) is 12.4. The average molecular weight is 417 g/mol. The van der Waals surface area contributed by atoms with Crippen molar-refractivity contribution in [2.24, 2.45) is 0 Å². The number of carbonyl (C=O) groups is 1.